The van der Waals surface area contributed by atoms with Gasteiger partial charge < -0.3 is 10.2 Å². The summed E-state index contributed by atoms with van der Waals surface area (Å²) >= 11 is 1.32. The molecule has 0 bridgehead atoms. The van der Waals surface area contributed by atoms with Gasteiger partial charge in [0.2, 0.25) is 0 Å². The van der Waals surface area contributed by atoms with Gasteiger partial charge >= 0.3 is 5.97 Å². The minimum atomic E-state index is -1.63. The van der Waals surface area contributed by atoms with Crippen molar-refractivity contribution in [3.05, 3.63) is 63.6 Å². The summed E-state index contributed by atoms with van der Waals surface area (Å²) < 4.78 is 12.9. The molecule has 0 aliphatic rings. The fourth-order valence-corrected chi connectivity index (χ4v) is 2.62. The topological polar surface area (TPSA) is 74.6 Å². The van der Waals surface area contributed by atoms with Gasteiger partial charge in [-0.25, -0.2) is 9.18 Å². The summed E-state index contributed by atoms with van der Waals surface area (Å²) in [5.74, 6) is -3.54. The zero-order valence-corrected chi connectivity index (χ0v) is 11.6. The van der Waals surface area contributed by atoms with E-state index in [0.29, 0.717) is 18.1 Å². The minimum absolute atomic E-state index is 0.334. The zero-order chi connectivity index (χ0) is 15.4. The van der Waals surface area contributed by atoms with Crippen LogP contribution in [0.1, 0.15) is 16.7 Å². The van der Waals surface area contributed by atoms with Gasteiger partial charge in [-0.3, -0.25) is 4.79 Å². The number of carboxylic acids is 1. The SMILES string of the molecule is O=C(O)C(=O)C=C(O)c1cscc1Cc1ccc(F)cc1. The van der Waals surface area contributed by atoms with E-state index in [1.807, 2.05) is 0 Å². The van der Waals surface area contributed by atoms with Crippen LogP contribution in [0.15, 0.2) is 41.1 Å². The molecule has 0 amide bonds. The number of hydrogen-bond acceptors (Lipinski definition) is 4. The molecule has 2 aromatic rings. The number of hydrogen-bond donors (Lipinski definition) is 2. The Morgan fingerprint density at radius 2 is 1.81 bits per heavy atom. The van der Waals surface area contributed by atoms with Crippen LogP contribution in [-0.4, -0.2) is 22.0 Å². The van der Waals surface area contributed by atoms with Crippen LogP contribution in [-0.2, 0) is 16.0 Å². The number of halogens is 1. The molecular formula is C15H11FO4S. The van der Waals surface area contributed by atoms with Crippen LogP contribution in [0.5, 0.6) is 0 Å². The third-order valence-corrected chi connectivity index (χ3v) is 3.60. The largest absolute Gasteiger partial charge is 0.507 e. The van der Waals surface area contributed by atoms with Crippen LogP contribution < -0.4 is 0 Å². The van der Waals surface area contributed by atoms with E-state index in [2.05, 4.69) is 0 Å². The lowest BCUT2D eigenvalue weighted by Gasteiger charge is -2.04. The Bertz CT molecular complexity index is 701. The van der Waals surface area contributed by atoms with Gasteiger partial charge in [-0.05, 0) is 35.1 Å². The number of aliphatic carboxylic acids is 1. The second-order valence-electron chi connectivity index (χ2n) is 4.31. The maximum absolute atomic E-state index is 12.9. The molecule has 0 atom stereocenters. The molecule has 0 saturated heterocycles. The highest BCUT2D eigenvalue weighted by atomic mass is 32.1. The van der Waals surface area contributed by atoms with Crippen LogP contribution in [0.3, 0.4) is 0 Å². The van der Waals surface area contributed by atoms with E-state index in [-0.39, 0.29) is 11.6 Å². The van der Waals surface area contributed by atoms with Gasteiger partial charge in [0.05, 0.1) is 0 Å². The Balaban J connectivity index is 2.24. The molecule has 6 heteroatoms. The molecule has 4 nitrogen and oxygen atoms in total. The van der Waals surface area contributed by atoms with E-state index >= 15 is 0 Å². The van der Waals surface area contributed by atoms with Crippen LogP contribution >= 0.6 is 11.3 Å². The Kier molecular flexibility index (Phi) is 4.49. The lowest BCUT2D eigenvalue weighted by atomic mass is 10.0. The van der Waals surface area contributed by atoms with Crippen molar-refractivity contribution in [2.45, 2.75) is 6.42 Å². The number of thiophene rings is 1. The second kappa shape index (κ2) is 6.32. The summed E-state index contributed by atoms with van der Waals surface area (Å²) in [5.41, 5.74) is 1.98. The maximum Gasteiger partial charge on any atom is 0.376 e. The predicted molar refractivity (Wildman–Crippen MR) is 76.8 cm³/mol. The summed E-state index contributed by atoms with van der Waals surface area (Å²) in [6.45, 7) is 0. The van der Waals surface area contributed by atoms with Gasteiger partial charge in [0.1, 0.15) is 11.6 Å². The molecule has 1 aromatic carbocycles. The van der Waals surface area contributed by atoms with Gasteiger partial charge in [-0.2, -0.15) is 11.3 Å². The van der Waals surface area contributed by atoms with Crippen LogP contribution in [0.25, 0.3) is 5.76 Å². The quantitative estimate of drug-likeness (QED) is 0.506. The third-order valence-electron chi connectivity index (χ3n) is 2.80. The monoisotopic (exact) mass is 306 g/mol. The maximum atomic E-state index is 12.9. The number of benzene rings is 1. The van der Waals surface area contributed by atoms with E-state index in [1.54, 1.807) is 22.9 Å². The molecule has 0 aliphatic heterocycles. The molecule has 2 N–H and O–H groups in total. The average molecular weight is 306 g/mol. The lowest BCUT2D eigenvalue weighted by molar-refractivity contribution is -0.146. The number of carbonyl (C=O) groups is 2. The number of carboxylic acid groups (broad SMARTS) is 1. The normalized spacial score (nSPS) is 11.4. The Labute approximate surface area is 123 Å². The number of ketones is 1. The van der Waals surface area contributed by atoms with Crippen LogP contribution in [0.4, 0.5) is 4.39 Å². The van der Waals surface area contributed by atoms with E-state index < -0.39 is 11.8 Å². The first kappa shape index (κ1) is 14.9. The Morgan fingerprint density at radius 3 is 2.43 bits per heavy atom. The first-order valence-electron chi connectivity index (χ1n) is 5.95. The summed E-state index contributed by atoms with van der Waals surface area (Å²) in [4.78, 5) is 21.6. The molecule has 0 radical (unpaired) electrons. The van der Waals surface area contributed by atoms with Crippen LogP contribution in [0, 0.1) is 5.82 Å². The van der Waals surface area contributed by atoms with E-state index in [4.69, 9.17) is 5.11 Å². The number of aliphatic hydroxyl groups is 1. The molecule has 1 heterocycles. The van der Waals surface area contributed by atoms with E-state index in [0.717, 1.165) is 11.1 Å². The number of aliphatic hydroxyl groups excluding tert-OH is 1. The third kappa shape index (κ3) is 3.76. The minimum Gasteiger partial charge on any atom is -0.507 e. The molecule has 0 aliphatic carbocycles. The Morgan fingerprint density at radius 1 is 1.14 bits per heavy atom. The molecule has 0 unspecified atom stereocenters. The first-order valence-corrected chi connectivity index (χ1v) is 6.89. The molecule has 0 fully saturated rings. The van der Waals surface area contributed by atoms with Crippen molar-refractivity contribution in [2.24, 2.45) is 0 Å². The van der Waals surface area contributed by atoms with Crippen molar-refractivity contribution >= 4 is 28.8 Å². The first-order chi connectivity index (χ1) is 9.97. The molecular weight excluding hydrogens is 295 g/mol. The molecule has 108 valence electrons. The highest BCUT2D eigenvalue weighted by Gasteiger charge is 2.14. The highest BCUT2D eigenvalue weighted by Crippen LogP contribution is 2.24. The predicted octanol–water partition coefficient (Wildman–Crippen LogP) is 3.03. The molecule has 0 saturated carbocycles. The number of carbonyl (C=O) groups excluding carboxylic acids is 1. The smallest absolute Gasteiger partial charge is 0.376 e. The van der Waals surface area contributed by atoms with Crippen molar-refractivity contribution in [1.82, 2.24) is 0 Å². The summed E-state index contributed by atoms with van der Waals surface area (Å²) in [7, 11) is 0. The lowest BCUT2D eigenvalue weighted by Crippen LogP contribution is -2.09. The van der Waals surface area contributed by atoms with Crippen molar-refractivity contribution in [3.63, 3.8) is 0 Å². The molecule has 21 heavy (non-hydrogen) atoms. The molecule has 1 aromatic heterocycles. The summed E-state index contributed by atoms with van der Waals surface area (Å²) in [6, 6.07) is 5.93. The Hall–Kier alpha value is -2.47. The van der Waals surface area contributed by atoms with E-state index in [1.165, 1.54) is 23.5 Å². The standard InChI is InChI=1S/C15H11FO4S/c16-11-3-1-9(2-4-11)5-10-7-21-8-12(10)13(17)6-14(18)15(19)20/h1-4,6-8,17H,5H2,(H,19,20). The van der Waals surface area contributed by atoms with Crippen molar-refractivity contribution in [3.8, 4) is 0 Å². The average Bonchev–Trinajstić information content (AvgIpc) is 2.89. The fraction of sp³-hybridized carbons (Fsp3) is 0.0667. The highest BCUT2D eigenvalue weighted by molar-refractivity contribution is 7.08. The van der Waals surface area contributed by atoms with Crippen molar-refractivity contribution in [1.29, 1.82) is 0 Å². The van der Waals surface area contributed by atoms with Crippen LogP contribution in [0.2, 0.25) is 0 Å². The van der Waals surface area contributed by atoms with Gasteiger partial charge in [-0.1, -0.05) is 12.1 Å². The number of rotatable bonds is 5. The van der Waals surface area contributed by atoms with Gasteiger partial charge in [0.15, 0.2) is 0 Å². The zero-order valence-electron chi connectivity index (χ0n) is 10.7. The fourth-order valence-electron chi connectivity index (χ4n) is 1.77. The van der Waals surface area contributed by atoms with Gasteiger partial charge in [0, 0.05) is 17.0 Å². The van der Waals surface area contributed by atoms with Gasteiger partial charge in [-0.15, -0.1) is 0 Å². The molecule has 2 rings (SSSR count). The van der Waals surface area contributed by atoms with Gasteiger partial charge in [0.25, 0.3) is 5.78 Å². The van der Waals surface area contributed by atoms with E-state index in [9.17, 15) is 19.1 Å². The second-order valence-corrected chi connectivity index (χ2v) is 5.06. The molecule has 0 spiro atoms. The van der Waals surface area contributed by atoms with Crippen molar-refractivity contribution < 1.29 is 24.2 Å². The van der Waals surface area contributed by atoms with Crippen molar-refractivity contribution in [2.75, 3.05) is 0 Å². The summed E-state index contributed by atoms with van der Waals surface area (Å²) in [6.07, 6.45) is 1.12. The summed E-state index contributed by atoms with van der Waals surface area (Å²) in [5, 5.41) is 21.8.